The number of hydrogen-bond acceptors (Lipinski definition) is 4. The van der Waals surface area contributed by atoms with E-state index in [0.717, 1.165) is 40.4 Å². The van der Waals surface area contributed by atoms with Crippen molar-refractivity contribution in [2.24, 2.45) is 0 Å². The van der Waals surface area contributed by atoms with E-state index in [9.17, 15) is 0 Å². The molecule has 2 aromatic heterocycles. The average Bonchev–Trinajstić information content (AvgIpc) is 3.05. The predicted molar refractivity (Wildman–Crippen MR) is 87.9 cm³/mol. The van der Waals surface area contributed by atoms with E-state index >= 15 is 0 Å². The number of furan rings is 1. The van der Waals surface area contributed by atoms with Crippen molar-refractivity contribution in [3.8, 4) is 0 Å². The fourth-order valence-corrected chi connectivity index (χ4v) is 3.12. The Kier molecular flexibility index (Phi) is 4.08. The number of aryl methyl sites for hydroxylation is 2. The fraction of sp³-hybridized carbons (Fsp3) is 0.353. The van der Waals surface area contributed by atoms with E-state index in [1.165, 1.54) is 5.56 Å². The second-order valence-corrected chi connectivity index (χ2v) is 6.43. The molecule has 0 saturated heterocycles. The monoisotopic (exact) mass is 300 g/mol. The summed E-state index contributed by atoms with van der Waals surface area (Å²) in [5.41, 5.74) is 3.23. The van der Waals surface area contributed by atoms with Crippen LogP contribution in [0.4, 0.5) is 0 Å². The number of benzene rings is 1. The van der Waals surface area contributed by atoms with Crippen LogP contribution in [0.1, 0.15) is 41.4 Å². The van der Waals surface area contributed by atoms with Gasteiger partial charge in [0.2, 0.25) is 0 Å². The van der Waals surface area contributed by atoms with E-state index in [0.29, 0.717) is 0 Å². The van der Waals surface area contributed by atoms with Gasteiger partial charge in [-0.05, 0) is 45.0 Å². The molecule has 3 nitrogen and oxygen atoms in total. The van der Waals surface area contributed by atoms with Crippen LogP contribution in [0, 0.1) is 13.8 Å². The highest BCUT2D eigenvalue weighted by Gasteiger charge is 2.20. The Morgan fingerprint density at radius 3 is 2.86 bits per heavy atom. The second-order valence-electron chi connectivity index (χ2n) is 5.37. The molecule has 0 aliphatic heterocycles. The van der Waals surface area contributed by atoms with Crippen molar-refractivity contribution in [2.45, 2.75) is 33.2 Å². The van der Waals surface area contributed by atoms with Gasteiger partial charge in [-0.25, -0.2) is 4.98 Å². The minimum absolute atomic E-state index is 0.0302. The molecule has 0 radical (unpaired) electrons. The standard InChI is InChI=1S/C17H20N2OS/c1-4-7-18-17(14-10-21-12(3)19-14)16-9-13-8-11(2)5-6-15(13)20-16/h5-6,8-10,17-18H,4,7H2,1-3H3. The zero-order chi connectivity index (χ0) is 14.8. The zero-order valence-corrected chi connectivity index (χ0v) is 13.5. The van der Waals surface area contributed by atoms with Crippen LogP contribution in [0.5, 0.6) is 0 Å². The largest absolute Gasteiger partial charge is 0.459 e. The molecule has 21 heavy (non-hydrogen) atoms. The molecule has 110 valence electrons. The molecule has 2 heterocycles. The van der Waals surface area contributed by atoms with Gasteiger partial charge in [-0.3, -0.25) is 0 Å². The third-order valence-electron chi connectivity index (χ3n) is 3.51. The molecular weight excluding hydrogens is 280 g/mol. The topological polar surface area (TPSA) is 38.1 Å². The lowest BCUT2D eigenvalue weighted by molar-refractivity contribution is 0.464. The highest BCUT2D eigenvalue weighted by molar-refractivity contribution is 7.09. The van der Waals surface area contributed by atoms with Crippen LogP contribution in [-0.2, 0) is 0 Å². The van der Waals surface area contributed by atoms with Crippen LogP contribution in [0.15, 0.2) is 34.1 Å². The Morgan fingerprint density at radius 2 is 2.14 bits per heavy atom. The first kappa shape index (κ1) is 14.3. The van der Waals surface area contributed by atoms with Crippen molar-refractivity contribution in [3.05, 3.63) is 51.7 Å². The Balaban J connectivity index is 2.00. The van der Waals surface area contributed by atoms with Crippen LogP contribution < -0.4 is 5.32 Å². The summed E-state index contributed by atoms with van der Waals surface area (Å²) < 4.78 is 6.05. The van der Waals surface area contributed by atoms with Crippen molar-refractivity contribution in [3.63, 3.8) is 0 Å². The summed E-state index contributed by atoms with van der Waals surface area (Å²) in [6.45, 7) is 7.24. The molecule has 0 amide bonds. The minimum atomic E-state index is 0.0302. The van der Waals surface area contributed by atoms with Gasteiger partial charge < -0.3 is 9.73 Å². The maximum Gasteiger partial charge on any atom is 0.134 e. The third-order valence-corrected chi connectivity index (χ3v) is 4.30. The molecule has 0 aliphatic rings. The summed E-state index contributed by atoms with van der Waals surface area (Å²) >= 11 is 1.68. The summed E-state index contributed by atoms with van der Waals surface area (Å²) in [4.78, 5) is 4.62. The number of nitrogens with zero attached hydrogens (tertiary/aromatic N) is 1. The van der Waals surface area contributed by atoms with Crippen LogP contribution >= 0.6 is 11.3 Å². The molecule has 0 bridgehead atoms. The van der Waals surface area contributed by atoms with Crippen LogP contribution in [0.3, 0.4) is 0 Å². The lowest BCUT2D eigenvalue weighted by atomic mass is 10.1. The van der Waals surface area contributed by atoms with Crippen LogP contribution in [0.25, 0.3) is 11.0 Å². The minimum Gasteiger partial charge on any atom is -0.459 e. The summed E-state index contributed by atoms with van der Waals surface area (Å²) in [5, 5.41) is 7.89. The first-order valence-corrected chi connectivity index (χ1v) is 8.21. The first-order chi connectivity index (χ1) is 10.2. The number of thiazole rings is 1. The Morgan fingerprint density at radius 1 is 1.29 bits per heavy atom. The number of hydrogen-bond donors (Lipinski definition) is 1. The molecule has 0 aliphatic carbocycles. The van der Waals surface area contributed by atoms with Gasteiger partial charge in [0, 0.05) is 10.8 Å². The van der Waals surface area contributed by atoms with Crippen LogP contribution in [-0.4, -0.2) is 11.5 Å². The van der Waals surface area contributed by atoms with Gasteiger partial charge in [0.15, 0.2) is 0 Å². The maximum absolute atomic E-state index is 6.05. The summed E-state index contributed by atoms with van der Waals surface area (Å²) in [6, 6.07) is 8.44. The van der Waals surface area contributed by atoms with Crippen LogP contribution in [0.2, 0.25) is 0 Å². The summed E-state index contributed by atoms with van der Waals surface area (Å²) in [7, 11) is 0. The van der Waals surface area contributed by atoms with Crippen molar-refractivity contribution in [1.82, 2.24) is 10.3 Å². The van der Waals surface area contributed by atoms with Gasteiger partial charge in [0.1, 0.15) is 17.4 Å². The lowest BCUT2D eigenvalue weighted by Crippen LogP contribution is -2.23. The van der Waals surface area contributed by atoms with Gasteiger partial charge >= 0.3 is 0 Å². The molecule has 0 spiro atoms. The number of fused-ring (bicyclic) bond motifs is 1. The van der Waals surface area contributed by atoms with Crippen molar-refractivity contribution in [1.29, 1.82) is 0 Å². The highest BCUT2D eigenvalue weighted by Crippen LogP contribution is 2.29. The number of rotatable bonds is 5. The summed E-state index contributed by atoms with van der Waals surface area (Å²) in [5.74, 6) is 0.939. The lowest BCUT2D eigenvalue weighted by Gasteiger charge is -2.13. The smallest absolute Gasteiger partial charge is 0.134 e. The maximum atomic E-state index is 6.05. The van der Waals surface area contributed by atoms with E-state index in [2.05, 4.69) is 47.7 Å². The Labute approximate surface area is 129 Å². The molecule has 1 N–H and O–H groups in total. The Bertz CT molecular complexity index is 744. The number of aromatic nitrogens is 1. The molecule has 1 unspecified atom stereocenters. The van der Waals surface area contributed by atoms with Crippen molar-refractivity contribution < 1.29 is 4.42 Å². The second kappa shape index (κ2) is 6.00. The van der Waals surface area contributed by atoms with Gasteiger partial charge in [-0.15, -0.1) is 11.3 Å². The van der Waals surface area contributed by atoms with Gasteiger partial charge in [0.25, 0.3) is 0 Å². The van der Waals surface area contributed by atoms with E-state index in [4.69, 9.17) is 4.42 Å². The average molecular weight is 300 g/mol. The van der Waals surface area contributed by atoms with E-state index in [1.54, 1.807) is 11.3 Å². The normalized spacial score (nSPS) is 12.9. The van der Waals surface area contributed by atoms with E-state index in [-0.39, 0.29) is 6.04 Å². The quantitative estimate of drug-likeness (QED) is 0.748. The van der Waals surface area contributed by atoms with Gasteiger partial charge in [0.05, 0.1) is 10.7 Å². The molecule has 1 aromatic carbocycles. The molecule has 3 aromatic rings. The van der Waals surface area contributed by atoms with Crippen molar-refractivity contribution >= 4 is 22.3 Å². The molecule has 0 fully saturated rings. The fourth-order valence-electron chi connectivity index (χ4n) is 2.48. The molecule has 0 saturated carbocycles. The van der Waals surface area contributed by atoms with Gasteiger partial charge in [-0.1, -0.05) is 18.6 Å². The first-order valence-electron chi connectivity index (χ1n) is 7.33. The van der Waals surface area contributed by atoms with Gasteiger partial charge in [-0.2, -0.15) is 0 Å². The third kappa shape index (κ3) is 3.01. The molecule has 3 rings (SSSR count). The SMILES string of the molecule is CCCNC(c1csc(C)n1)c1cc2cc(C)ccc2o1. The Hall–Kier alpha value is -1.65. The highest BCUT2D eigenvalue weighted by atomic mass is 32.1. The molecule has 4 heteroatoms. The number of nitrogens with one attached hydrogen (secondary N) is 1. The van der Waals surface area contributed by atoms with E-state index < -0.39 is 0 Å². The zero-order valence-electron chi connectivity index (χ0n) is 12.6. The summed E-state index contributed by atoms with van der Waals surface area (Å²) in [6.07, 6.45) is 1.08. The predicted octanol–water partition coefficient (Wildman–Crippen LogP) is 4.60. The molecular formula is C17H20N2OS. The van der Waals surface area contributed by atoms with Crippen molar-refractivity contribution in [2.75, 3.05) is 6.54 Å². The van der Waals surface area contributed by atoms with E-state index in [1.807, 2.05) is 13.0 Å². The molecule has 1 atom stereocenters.